The van der Waals surface area contributed by atoms with Crippen LogP contribution in [0.3, 0.4) is 0 Å². The predicted octanol–water partition coefficient (Wildman–Crippen LogP) is 1.26. The molecule has 0 amide bonds. The molecule has 1 aromatic rings. The third kappa shape index (κ3) is 1.64. The van der Waals surface area contributed by atoms with Crippen LogP contribution < -0.4 is 9.47 Å². The molecule has 0 bridgehead atoms. The van der Waals surface area contributed by atoms with Crippen molar-refractivity contribution in [2.24, 2.45) is 0 Å². The first-order chi connectivity index (χ1) is 7.45. The first-order valence-electron chi connectivity index (χ1n) is 5.19. The van der Waals surface area contributed by atoms with Crippen LogP contribution in [0.4, 0.5) is 0 Å². The number of rotatable bonds is 1. The summed E-state index contributed by atoms with van der Waals surface area (Å²) in [6.45, 7) is 3.49. The van der Waals surface area contributed by atoms with E-state index in [1.165, 1.54) is 0 Å². The standard InChI is InChI=1S/C12H16O4/c1-12(2)11(14)10(13)8-6-7(15-3)4-5-9(8)16-12/h4-6,10-11,13-14H,1-3H3. The minimum Gasteiger partial charge on any atom is -0.497 e. The number of fused-ring (bicyclic) bond motifs is 1. The topological polar surface area (TPSA) is 58.9 Å². The maximum Gasteiger partial charge on any atom is 0.132 e. The molecule has 1 aliphatic heterocycles. The quantitative estimate of drug-likeness (QED) is 0.754. The van der Waals surface area contributed by atoms with Crippen LogP contribution in [0.5, 0.6) is 11.5 Å². The molecule has 1 aliphatic rings. The van der Waals surface area contributed by atoms with E-state index >= 15 is 0 Å². The number of hydrogen-bond acceptors (Lipinski definition) is 4. The normalized spacial score (nSPS) is 26.8. The zero-order valence-electron chi connectivity index (χ0n) is 9.60. The Balaban J connectivity index is 2.47. The van der Waals surface area contributed by atoms with Gasteiger partial charge in [0.25, 0.3) is 0 Å². The molecule has 2 unspecified atom stereocenters. The molecule has 0 saturated heterocycles. The van der Waals surface area contributed by atoms with Gasteiger partial charge in [0.15, 0.2) is 0 Å². The van der Waals surface area contributed by atoms with Gasteiger partial charge >= 0.3 is 0 Å². The summed E-state index contributed by atoms with van der Waals surface area (Å²) in [4.78, 5) is 0. The van der Waals surface area contributed by atoms with Gasteiger partial charge in [-0.3, -0.25) is 0 Å². The highest BCUT2D eigenvalue weighted by atomic mass is 16.5. The van der Waals surface area contributed by atoms with Crippen LogP contribution in [0.1, 0.15) is 25.5 Å². The molecule has 2 N–H and O–H groups in total. The van der Waals surface area contributed by atoms with Crippen LogP contribution in [0, 0.1) is 0 Å². The molecule has 2 rings (SSSR count). The van der Waals surface area contributed by atoms with Gasteiger partial charge in [-0.1, -0.05) is 0 Å². The lowest BCUT2D eigenvalue weighted by Gasteiger charge is -2.40. The molecule has 2 atom stereocenters. The minimum atomic E-state index is -0.952. The summed E-state index contributed by atoms with van der Waals surface area (Å²) in [5.41, 5.74) is -0.229. The van der Waals surface area contributed by atoms with Crippen LogP contribution in [0.2, 0.25) is 0 Å². The summed E-state index contributed by atoms with van der Waals surface area (Å²) < 4.78 is 10.7. The number of methoxy groups -OCH3 is 1. The molecular formula is C12H16O4. The smallest absolute Gasteiger partial charge is 0.132 e. The van der Waals surface area contributed by atoms with Gasteiger partial charge < -0.3 is 19.7 Å². The molecule has 0 aromatic heterocycles. The average molecular weight is 224 g/mol. The van der Waals surface area contributed by atoms with Crippen molar-refractivity contribution in [2.75, 3.05) is 7.11 Å². The maximum atomic E-state index is 10.00. The summed E-state index contributed by atoms with van der Waals surface area (Å²) in [6.07, 6.45) is -1.90. The van der Waals surface area contributed by atoms with Crippen molar-refractivity contribution >= 4 is 0 Å². The highest BCUT2D eigenvalue weighted by Crippen LogP contribution is 2.41. The summed E-state index contributed by atoms with van der Waals surface area (Å²) in [5, 5.41) is 19.9. The van der Waals surface area contributed by atoms with Crippen LogP contribution >= 0.6 is 0 Å². The molecule has 16 heavy (non-hydrogen) atoms. The van der Waals surface area contributed by atoms with Gasteiger partial charge in [-0.15, -0.1) is 0 Å². The van der Waals surface area contributed by atoms with Crippen LogP contribution in [-0.2, 0) is 0 Å². The van der Waals surface area contributed by atoms with Crippen molar-refractivity contribution in [1.82, 2.24) is 0 Å². The van der Waals surface area contributed by atoms with E-state index in [9.17, 15) is 10.2 Å². The van der Waals surface area contributed by atoms with Crippen molar-refractivity contribution in [3.63, 3.8) is 0 Å². The molecule has 0 radical (unpaired) electrons. The highest BCUT2D eigenvalue weighted by Gasteiger charge is 2.42. The van der Waals surface area contributed by atoms with E-state index in [1.807, 2.05) is 0 Å². The molecule has 1 aromatic carbocycles. The first-order valence-corrected chi connectivity index (χ1v) is 5.19. The predicted molar refractivity (Wildman–Crippen MR) is 58.7 cm³/mol. The van der Waals surface area contributed by atoms with E-state index < -0.39 is 17.8 Å². The maximum absolute atomic E-state index is 10.00. The molecular weight excluding hydrogens is 208 g/mol. The fourth-order valence-corrected chi connectivity index (χ4v) is 1.87. The molecule has 0 fully saturated rings. The molecule has 0 saturated carbocycles. The number of hydrogen-bond donors (Lipinski definition) is 2. The lowest BCUT2D eigenvalue weighted by Crippen LogP contribution is -2.48. The van der Waals surface area contributed by atoms with Crippen LogP contribution in [0.15, 0.2) is 18.2 Å². The summed E-state index contributed by atoms with van der Waals surface area (Å²) in [7, 11) is 1.55. The van der Waals surface area contributed by atoms with Gasteiger partial charge in [-0.25, -0.2) is 0 Å². The summed E-state index contributed by atoms with van der Waals surface area (Å²) in [5.74, 6) is 1.22. The Labute approximate surface area is 94.4 Å². The van der Waals surface area contributed by atoms with Gasteiger partial charge in [0, 0.05) is 5.56 Å². The molecule has 88 valence electrons. The number of ether oxygens (including phenoxy) is 2. The van der Waals surface area contributed by atoms with E-state index in [1.54, 1.807) is 39.2 Å². The number of aliphatic hydroxyl groups excluding tert-OH is 2. The number of aliphatic hydroxyl groups is 2. The van der Waals surface area contributed by atoms with Crippen molar-refractivity contribution in [1.29, 1.82) is 0 Å². The van der Waals surface area contributed by atoms with Crippen LogP contribution in [-0.4, -0.2) is 29.0 Å². The molecule has 4 heteroatoms. The zero-order chi connectivity index (χ0) is 11.9. The van der Waals surface area contributed by atoms with Crippen molar-refractivity contribution < 1.29 is 19.7 Å². The van der Waals surface area contributed by atoms with Gasteiger partial charge in [0.2, 0.25) is 0 Å². The van der Waals surface area contributed by atoms with Gasteiger partial charge in [-0.2, -0.15) is 0 Å². The third-order valence-corrected chi connectivity index (χ3v) is 2.92. The second-order valence-electron chi connectivity index (χ2n) is 4.50. The highest BCUT2D eigenvalue weighted by molar-refractivity contribution is 5.44. The molecule has 0 aliphatic carbocycles. The fourth-order valence-electron chi connectivity index (χ4n) is 1.87. The Morgan fingerprint density at radius 2 is 2.00 bits per heavy atom. The second-order valence-corrected chi connectivity index (χ2v) is 4.50. The van der Waals surface area contributed by atoms with Gasteiger partial charge in [-0.05, 0) is 32.0 Å². The minimum absolute atomic E-state index is 0.561. The van der Waals surface area contributed by atoms with Crippen molar-refractivity contribution in [3.05, 3.63) is 23.8 Å². The molecule has 1 heterocycles. The molecule has 4 nitrogen and oxygen atoms in total. The summed E-state index contributed by atoms with van der Waals surface area (Å²) in [6, 6.07) is 5.18. The van der Waals surface area contributed by atoms with E-state index in [0.717, 1.165) is 0 Å². The average Bonchev–Trinajstić information content (AvgIpc) is 2.25. The van der Waals surface area contributed by atoms with E-state index in [4.69, 9.17) is 9.47 Å². The molecule has 0 spiro atoms. The lowest BCUT2D eigenvalue weighted by atomic mass is 9.88. The first kappa shape index (κ1) is 11.2. The van der Waals surface area contributed by atoms with Crippen molar-refractivity contribution in [3.8, 4) is 11.5 Å². The Morgan fingerprint density at radius 3 is 2.62 bits per heavy atom. The zero-order valence-corrected chi connectivity index (χ0v) is 9.60. The third-order valence-electron chi connectivity index (χ3n) is 2.92. The summed E-state index contributed by atoms with van der Waals surface area (Å²) >= 11 is 0. The largest absolute Gasteiger partial charge is 0.497 e. The lowest BCUT2D eigenvalue weighted by molar-refractivity contribution is -0.111. The van der Waals surface area contributed by atoms with Gasteiger partial charge in [0.05, 0.1) is 7.11 Å². The Bertz CT molecular complexity index is 400. The Kier molecular flexibility index (Phi) is 2.56. The fraction of sp³-hybridized carbons (Fsp3) is 0.500. The van der Waals surface area contributed by atoms with Gasteiger partial charge in [0.1, 0.15) is 29.3 Å². The van der Waals surface area contributed by atoms with E-state index in [2.05, 4.69) is 0 Å². The van der Waals surface area contributed by atoms with Crippen molar-refractivity contribution in [2.45, 2.75) is 31.7 Å². The monoisotopic (exact) mass is 224 g/mol. The van der Waals surface area contributed by atoms with E-state index in [0.29, 0.717) is 17.1 Å². The van der Waals surface area contributed by atoms with Crippen LogP contribution in [0.25, 0.3) is 0 Å². The number of benzene rings is 1. The van der Waals surface area contributed by atoms with E-state index in [-0.39, 0.29) is 0 Å². The Morgan fingerprint density at radius 1 is 1.31 bits per heavy atom. The SMILES string of the molecule is COc1ccc2c(c1)C(O)C(O)C(C)(C)O2. The Hall–Kier alpha value is -1.26. The second kappa shape index (κ2) is 3.64.